The summed E-state index contributed by atoms with van der Waals surface area (Å²) in [7, 11) is 0. The second-order valence-electron chi connectivity index (χ2n) is 15.6. The molecule has 4 heterocycles. The van der Waals surface area contributed by atoms with Crippen molar-refractivity contribution in [1.29, 1.82) is 0 Å². The highest BCUT2D eigenvalue weighted by Crippen LogP contribution is 2.37. The zero-order valence-electron chi connectivity index (χ0n) is 32.7. The molecule has 2 aliphatic heterocycles. The fourth-order valence-corrected chi connectivity index (χ4v) is 8.13. The Morgan fingerprint density at radius 2 is 1.63 bits per heavy atom. The molecule has 59 heavy (non-hydrogen) atoms. The first-order valence-corrected chi connectivity index (χ1v) is 20.3. The van der Waals surface area contributed by atoms with Gasteiger partial charge in [0.2, 0.25) is 11.9 Å². The van der Waals surface area contributed by atoms with Crippen LogP contribution in [0.15, 0.2) is 79.1 Å². The second kappa shape index (κ2) is 17.9. The molecule has 310 valence electrons. The number of carbonyl (C=O) groups is 2. The Labute approximate surface area is 340 Å². The van der Waals surface area contributed by atoms with Crippen LogP contribution in [0.25, 0.3) is 22.2 Å². The number of aromatic nitrogens is 3. The van der Waals surface area contributed by atoms with Gasteiger partial charge < -0.3 is 24.5 Å². The zero-order chi connectivity index (χ0) is 40.9. The Morgan fingerprint density at radius 3 is 2.37 bits per heavy atom. The molecule has 0 atom stereocenters. The van der Waals surface area contributed by atoms with Crippen LogP contribution < -0.4 is 15.4 Å². The number of ether oxygens (including phenoxy) is 2. The van der Waals surface area contributed by atoms with Gasteiger partial charge >= 0.3 is 6.18 Å². The Hall–Kier alpha value is -5.35. The van der Waals surface area contributed by atoms with Crippen LogP contribution in [0.4, 0.5) is 19.1 Å². The molecule has 12 nitrogen and oxygen atoms in total. The van der Waals surface area contributed by atoms with Crippen molar-refractivity contribution in [1.82, 2.24) is 29.7 Å². The van der Waals surface area contributed by atoms with Gasteiger partial charge in [0.1, 0.15) is 17.1 Å². The van der Waals surface area contributed by atoms with Gasteiger partial charge in [-0.1, -0.05) is 48.5 Å². The van der Waals surface area contributed by atoms with Gasteiger partial charge in [0, 0.05) is 75.2 Å². The third-order valence-electron chi connectivity index (χ3n) is 11.4. The lowest BCUT2D eigenvalue weighted by atomic mass is 9.93. The zero-order valence-corrected chi connectivity index (χ0v) is 32.7. The normalized spacial score (nSPS) is 19.1. The van der Waals surface area contributed by atoms with Crippen LogP contribution in [-0.2, 0) is 29.1 Å². The number of nitrogens with one attached hydrogen (secondary N) is 2. The van der Waals surface area contributed by atoms with Gasteiger partial charge in [-0.2, -0.15) is 18.2 Å². The second-order valence-corrected chi connectivity index (χ2v) is 15.6. The summed E-state index contributed by atoms with van der Waals surface area (Å²) < 4.78 is 52.5. The Morgan fingerprint density at radius 1 is 0.898 bits per heavy atom. The van der Waals surface area contributed by atoms with E-state index in [1.807, 2.05) is 24.3 Å². The summed E-state index contributed by atoms with van der Waals surface area (Å²) in [5.41, 5.74) is 5.94. The first-order valence-electron chi connectivity index (χ1n) is 20.3. The molecule has 3 aliphatic rings. The predicted molar refractivity (Wildman–Crippen MR) is 216 cm³/mol. The van der Waals surface area contributed by atoms with Crippen LogP contribution in [0.5, 0.6) is 11.5 Å². The fourth-order valence-electron chi connectivity index (χ4n) is 8.13. The molecule has 0 bridgehead atoms. The number of nitrogens with zero attached hydrogens (tertiary/aromatic N) is 5. The van der Waals surface area contributed by atoms with E-state index < -0.39 is 18.5 Å². The number of carbonyl (C=O) groups excluding carboxylic acids is 2. The smallest absolute Gasteiger partial charge is 0.390 e. The van der Waals surface area contributed by atoms with Gasteiger partial charge in [0.25, 0.3) is 5.91 Å². The predicted octanol–water partition coefficient (Wildman–Crippen LogP) is 6.88. The number of rotatable bonds is 14. The standard InChI is InChI=1S/C44H48F3N7O5/c45-44(46,47)16-17-48-43-49-25-36-37(27-54(41(36)51-43)33-10-12-34(55)13-11-33)31-8-4-29(5-9-31)26-53-20-18-52(19-21-53)22-23-58-28-30-6-14-35(15-7-30)59-38-3-1-2-32-24-39(56)50-42(57)40(32)38/h1-9,14-15,25,27,33-34,55H,10-13,16-24,26,28H2,(H,48,49,51)(H,50,56,57). The van der Waals surface area contributed by atoms with E-state index in [4.69, 9.17) is 9.47 Å². The van der Waals surface area contributed by atoms with Gasteiger partial charge in [-0.05, 0) is 66.1 Å². The lowest BCUT2D eigenvalue weighted by Gasteiger charge is -2.34. The van der Waals surface area contributed by atoms with E-state index in [9.17, 15) is 27.9 Å². The van der Waals surface area contributed by atoms with Crippen molar-refractivity contribution in [3.05, 3.63) is 101 Å². The molecule has 0 spiro atoms. The van der Waals surface area contributed by atoms with Gasteiger partial charge in [-0.3, -0.25) is 24.7 Å². The summed E-state index contributed by atoms with van der Waals surface area (Å²) in [4.78, 5) is 38.1. The van der Waals surface area contributed by atoms with Gasteiger partial charge in [0.15, 0.2) is 0 Å². The Bertz CT molecular complexity index is 2250. The maximum Gasteiger partial charge on any atom is 0.390 e. The molecule has 1 saturated carbocycles. The van der Waals surface area contributed by atoms with Gasteiger partial charge in [-0.25, -0.2) is 4.98 Å². The highest BCUT2D eigenvalue weighted by Gasteiger charge is 2.28. The molecule has 3 N–H and O–H groups in total. The number of aliphatic hydroxyl groups is 1. The van der Waals surface area contributed by atoms with Crippen LogP contribution in [-0.4, -0.2) is 99.4 Å². The quantitative estimate of drug-likeness (QED) is 0.0806. The summed E-state index contributed by atoms with van der Waals surface area (Å²) in [6.45, 7) is 6.28. The molecule has 8 rings (SSSR count). The summed E-state index contributed by atoms with van der Waals surface area (Å²) in [6, 6.07) is 21.5. The third kappa shape index (κ3) is 10.1. The molecule has 15 heteroatoms. The van der Waals surface area contributed by atoms with Crippen LogP contribution in [0.2, 0.25) is 0 Å². The number of hydrogen-bond donors (Lipinski definition) is 3. The monoisotopic (exact) mass is 811 g/mol. The number of piperazine rings is 1. The van der Waals surface area contributed by atoms with Crippen molar-refractivity contribution in [2.24, 2.45) is 0 Å². The number of halogens is 3. The average Bonchev–Trinajstić information content (AvgIpc) is 3.59. The summed E-state index contributed by atoms with van der Waals surface area (Å²) >= 11 is 0. The van der Waals surface area contributed by atoms with Crippen molar-refractivity contribution in [3.63, 3.8) is 0 Å². The molecule has 0 unspecified atom stereocenters. The first kappa shape index (κ1) is 40.4. The fraction of sp³-hybridized carbons (Fsp3) is 0.409. The highest BCUT2D eigenvalue weighted by molar-refractivity contribution is 6.11. The number of amides is 2. The van der Waals surface area contributed by atoms with Gasteiger partial charge in [-0.15, -0.1) is 0 Å². The molecular weight excluding hydrogens is 764 g/mol. The Kier molecular flexibility index (Phi) is 12.2. The van der Waals surface area contributed by atoms with Crippen molar-refractivity contribution in [2.75, 3.05) is 51.2 Å². The molecule has 2 amide bonds. The molecule has 0 radical (unpaired) electrons. The van der Waals surface area contributed by atoms with Crippen LogP contribution in [0.3, 0.4) is 0 Å². The number of benzene rings is 3. The largest absolute Gasteiger partial charge is 0.457 e. The molecule has 3 aromatic carbocycles. The number of anilines is 1. The maximum absolute atomic E-state index is 12.8. The lowest BCUT2D eigenvalue weighted by Crippen LogP contribution is -2.46. The van der Waals surface area contributed by atoms with E-state index in [-0.39, 0.29) is 37.0 Å². The van der Waals surface area contributed by atoms with Gasteiger partial charge in [0.05, 0.1) is 37.7 Å². The number of fused-ring (bicyclic) bond motifs is 2. The Balaban J connectivity index is 0.801. The highest BCUT2D eigenvalue weighted by atomic mass is 19.4. The minimum Gasteiger partial charge on any atom is -0.457 e. The molecule has 5 aromatic rings. The lowest BCUT2D eigenvalue weighted by molar-refractivity contribution is -0.131. The number of alkyl halides is 3. The maximum atomic E-state index is 12.8. The number of aliphatic hydroxyl groups excluding tert-OH is 1. The minimum absolute atomic E-state index is 0.131. The summed E-state index contributed by atoms with van der Waals surface area (Å²) in [6.07, 6.45) is 1.36. The van der Waals surface area contributed by atoms with E-state index in [0.29, 0.717) is 54.3 Å². The molecule has 2 fully saturated rings. The summed E-state index contributed by atoms with van der Waals surface area (Å²) in [5.74, 6) is 0.415. The van der Waals surface area contributed by atoms with E-state index in [0.717, 1.165) is 74.2 Å². The average molecular weight is 812 g/mol. The van der Waals surface area contributed by atoms with Crippen LogP contribution in [0.1, 0.15) is 65.2 Å². The molecular formula is C44H48F3N7O5. The van der Waals surface area contributed by atoms with Crippen molar-refractivity contribution in [2.45, 2.75) is 70.0 Å². The van der Waals surface area contributed by atoms with E-state index in [2.05, 4.69) is 65.4 Å². The molecule has 1 saturated heterocycles. The molecule has 1 aliphatic carbocycles. The van der Waals surface area contributed by atoms with Crippen molar-refractivity contribution >= 4 is 28.8 Å². The number of imide groups is 1. The topological polar surface area (TPSA) is 134 Å². The van der Waals surface area contributed by atoms with Crippen LogP contribution >= 0.6 is 0 Å². The van der Waals surface area contributed by atoms with Crippen LogP contribution in [0, 0.1) is 0 Å². The van der Waals surface area contributed by atoms with E-state index in [1.165, 1.54) is 5.56 Å². The van der Waals surface area contributed by atoms with Crippen molar-refractivity contribution < 1.29 is 37.3 Å². The number of hydrogen-bond acceptors (Lipinski definition) is 10. The summed E-state index contributed by atoms with van der Waals surface area (Å²) in [5, 5.41) is 16.0. The van der Waals surface area contributed by atoms with Crippen molar-refractivity contribution in [3.8, 4) is 22.6 Å². The SMILES string of the molecule is O=C1Cc2cccc(Oc3ccc(COCCN4CCN(Cc5ccc(-c6cn(C7CCC(O)CC7)c7nc(NCCC(F)(F)F)ncc67)cc5)CC4)cc3)c2C(=O)N1. The van der Waals surface area contributed by atoms with E-state index in [1.54, 1.807) is 24.4 Å². The van der Waals surface area contributed by atoms with E-state index >= 15 is 0 Å². The third-order valence-corrected chi connectivity index (χ3v) is 11.4. The minimum atomic E-state index is -4.26. The molecule has 2 aromatic heterocycles. The first-order chi connectivity index (χ1) is 28.5.